The zero-order chi connectivity index (χ0) is 17.1. The minimum atomic E-state index is -0.0748. The molecule has 0 radical (unpaired) electrons. The molecule has 24 heavy (non-hydrogen) atoms. The van der Waals surface area contributed by atoms with Gasteiger partial charge < -0.3 is 15.4 Å². The highest BCUT2D eigenvalue weighted by Crippen LogP contribution is 2.27. The van der Waals surface area contributed by atoms with E-state index in [1.165, 1.54) is 16.9 Å². The molecule has 0 unspecified atom stereocenters. The predicted octanol–water partition coefficient (Wildman–Crippen LogP) is 3.72. The number of benzene rings is 1. The van der Waals surface area contributed by atoms with E-state index in [-0.39, 0.29) is 12.0 Å². The summed E-state index contributed by atoms with van der Waals surface area (Å²) in [5.41, 5.74) is 4.15. The van der Waals surface area contributed by atoms with Crippen molar-refractivity contribution in [3.63, 3.8) is 0 Å². The van der Waals surface area contributed by atoms with Crippen molar-refractivity contribution in [3.05, 3.63) is 39.9 Å². The molecular formula is C18H23N3O2S. The van der Waals surface area contributed by atoms with E-state index in [0.717, 1.165) is 41.5 Å². The Morgan fingerprint density at radius 3 is 2.92 bits per heavy atom. The maximum absolute atomic E-state index is 12.4. The van der Waals surface area contributed by atoms with Crippen molar-refractivity contribution in [2.75, 3.05) is 18.5 Å². The lowest BCUT2D eigenvalue weighted by Gasteiger charge is -2.10. The summed E-state index contributed by atoms with van der Waals surface area (Å²) in [6.07, 6.45) is 2.24. The second-order valence-corrected chi connectivity index (χ2v) is 7.22. The second-order valence-electron chi connectivity index (χ2n) is 6.22. The Morgan fingerprint density at radius 2 is 2.21 bits per heavy atom. The number of aryl methyl sites for hydroxylation is 3. The lowest BCUT2D eigenvalue weighted by atomic mass is 10.1. The van der Waals surface area contributed by atoms with Crippen LogP contribution in [0, 0.1) is 20.8 Å². The van der Waals surface area contributed by atoms with Gasteiger partial charge in [-0.1, -0.05) is 29.0 Å². The molecule has 0 aliphatic carbocycles. The van der Waals surface area contributed by atoms with Gasteiger partial charge in [0.15, 0.2) is 5.13 Å². The number of amides is 1. The number of carbonyl (C=O) groups is 1. The molecule has 2 aromatic rings. The molecule has 5 nitrogen and oxygen atoms in total. The Kier molecular flexibility index (Phi) is 5.16. The zero-order valence-corrected chi connectivity index (χ0v) is 15.1. The van der Waals surface area contributed by atoms with Gasteiger partial charge in [-0.15, -0.1) is 0 Å². The number of hydrogen-bond donors (Lipinski definition) is 2. The van der Waals surface area contributed by atoms with E-state index in [2.05, 4.69) is 41.6 Å². The average Bonchev–Trinajstić information content (AvgIpc) is 3.17. The van der Waals surface area contributed by atoms with Crippen LogP contribution in [0.3, 0.4) is 0 Å². The summed E-state index contributed by atoms with van der Waals surface area (Å²) >= 11 is 1.38. The first-order valence-electron chi connectivity index (χ1n) is 8.24. The van der Waals surface area contributed by atoms with Gasteiger partial charge in [0.1, 0.15) is 4.88 Å². The van der Waals surface area contributed by atoms with E-state index in [0.29, 0.717) is 11.4 Å². The molecule has 3 rings (SSSR count). The van der Waals surface area contributed by atoms with Gasteiger partial charge in [0.25, 0.3) is 5.91 Å². The number of anilines is 2. The van der Waals surface area contributed by atoms with Crippen LogP contribution in [0.1, 0.15) is 39.3 Å². The van der Waals surface area contributed by atoms with Crippen molar-refractivity contribution in [3.8, 4) is 0 Å². The van der Waals surface area contributed by atoms with Gasteiger partial charge in [0, 0.05) is 18.8 Å². The van der Waals surface area contributed by atoms with E-state index in [9.17, 15) is 4.79 Å². The first-order chi connectivity index (χ1) is 11.5. The first kappa shape index (κ1) is 16.9. The minimum Gasteiger partial charge on any atom is -0.376 e. The molecule has 0 saturated carbocycles. The number of nitrogens with zero attached hydrogens (tertiary/aromatic N) is 1. The molecule has 0 bridgehead atoms. The largest absolute Gasteiger partial charge is 0.376 e. The van der Waals surface area contributed by atoms with E-state index >= 15 is 0 Å². The summed E-state index contributed by atoms with van der Waals surface area (Å²) in [5, 5.41) is 7.01. The lowest BCUT2D eigenvalue weighted by molar-refractivity contribution is 0.0860. The predicted molar refractivity (Wildman–Crippen MR) is 97.4 cm³/mol. The second kappa shape index (κ2) is 7.32. The molecule has 2 N–H and O–H groups in total. The van der Waals surface area contributed by atoms with Gasteiger partial charge in [0.05, 0.1) is 11.8 Å². The Balaban J connectivity index is 1.66. The minimum absolute atomic E-state index is 0.0748. The molecule has 1 aliphatic heterocycles. The number of hydrogen-bond acceptors (Lipinski definition) is 5. The molecule has 6 heteroatoms. The third kappa shape index (κ3) is 3.94. The van der Waals surface area contributed by atoms with Crippen LogP contribution in [0.15, 0.2) is 18.2 Å². The third-order valence-corrected chi connectivity index (χ3v) is 5.21. The van der Waals surface area contributed by atoms with E-state index in [1.807, 2.05) is 13.0 Å². The van der Waals surface area contributed by atoms with Crippen molar-refractivity contribution < 1.29 is 9.53 Å². The van der Waals surface area contributed by atoms with Crippen molar-refractivity contribution in [1.82, 2.24) is 10.3 Å². The Morgan fingerprint density at radius 1 is 1.38 bits per heavy atom. The van der Waals surface area contributed by atoms with Crippen LogP contribution in [0.2, 0.25) is 0 Å². The molecule has 1 aromatic carbocycles. The molecule has 1 aliphatic rings. The zero-order valence-electron chi connectivity index (χ0n) is 14.3. The lowest BCUT2D eigenvalue weighted by Crippen LogP contribution is -2.31. The summed E-state index contributed by atoms with van der Waals surface area (Å²) in [5.74, 6) is -0.0748. The van der Waals surface area contributed by atoms with Crippen molar-refractivity contribution in [2.45, 2.75) is 39.7 Å². The van der Waals surface area contributed by atoms with Crippen LogP contribution < -0.4 is 10.6 Å². The summed E-state index contributed by atoms with van der Waals surface area (Å²) in [6, 6.07) is 6.22. The smallest absolute Gasteiger partial charge is 0.263 e. The number of aromatic nitrogens is 1. The van der Waals surface area contributed by atoms with Crippen molar-refractivity contribution in [1.29, 1.82) is 0 Å². The molecule has 0 spiro atoms. The highest BCUT2D eigenvalue weighted by atomic mass is 32.1. The Labute approximate surface area is 146 Å². The normalized spacial score (nSPS) is 17.0. The molecule has 128 valence electrons. The van der Waals surface area contributed by atoms with Crippen molar-refractivity contribution in [2.24, 2.45) is 0 Å². The number of thiazole rings is 1. The van der Waals surface area contributed by atoms with Crippen molar-refractivity contribution >= 4 is 28.1 Å². The SMILES string of the molecule is Cc1ccc(Nc2nc(C)c(C(=O)NC[C@H]3CCCO3)s2)c(C)c1. The van der Waals surface area contributed by atoms with E-state index in [4.69, 9.17) is 4.74 Å². The van der Waals surface area contributed by atoms with E-state index < -0.39 is 0 Å². The maximum Gasteiger partial charge on any atom is 0.263 e. The third-order valence-electron chi connectivity index (χ3n) is 4.14. The van der Waals surface area contributed by atoms with Gasteiger partial charge in [-0.25, -0.2) is 4.98 Å². The summed E-state index contributed by atoms with van der Waals surface area (Å²) in [6.45, 7) is 7.36. The number of carbonyl (C=O) groups excluding carboxylic acids is 1. The molecule has 1 amide bonds. The Bertz CT molecular complexity index is 736. The molecule has 1 fully saturated rings. The van der Waals surface area contributed by atoms with Crippen LogP contribution in [0.5, 0.6) is 0 Å². The van der Waals surface area contributed by atoms with Gasteiger partial charge in [-0.05, 0) is 45.2 Å². The molecule has 1 saturated heterocycles. The van der Waals surface area contributed by atoms with Gasteiger partial charge >= 0.3 is 0 Å². The van der Waals surface area contributed by atoms with Crippen LogP contribution >= 0.6 is 11.3 Å². The van der Waals surface area contributed by atoms with Gasteiger partial charge in [0.2, 0.25) is 0 Å². The standard InChI is InChI=1S/C18H23N3O2S/c1-11-6-7-15(12(2)9-11)21-18-20-13(3)16(24-18)17(22)19-10-14-5-4-8-23-14/h6-7,9,14H,4-5,8,10H2,1-3H3,(H,19,22)(H,20,21)/t14-/m1/s1. The molecule has 1 aromatic heterocycles. The highest BCUT2D eigenvalue weighted by molar-refractivity contribution is 7.17. The van der Waals surface area contributed by atoms with Gasteiger partial charge in [-0.3, -0.25) is 4.79 Å². The summed E-state index contributed by atoms with van der Waals surface area (Å²) in [7, 11) is 0. The van der Waals surface area contributed by atoms with Crippen LogP contribution in [0.25, 0.3) is 0 Å². The first-order valence-corrected chi connectivity index (χ1v) is 9.06. The Hall–Kier alpha value is -1.92. The maximum atomic E-state index is 12.4. The fourth-order valence-electron chi connectivity index (χ4n) is 2.82. The molecule has 1 atom stereocenters. The van der Waals surface area contributed by atoms with E-state index in [1.54, 1.807) is 0 Å². The molecule has 2 heterocycles. The quantitative estimate of drug-likeness (QED) is 0.867. The topological polar surface area (TPSA) is 63.2 Å². The highest BCUT2D eigenvalue weighted by Gasteiger charge is 2.19. The number of nitrogens with one attached hydrogen (secondary N) is 2. The monoisotopic (exact) mass is 345 g/mol. The van der Waals surface area contributed by atoms with Crippen LogP contribution in [0.4, 0.5) is 10.8 Å². The average molecular weight is 345 g/mol. The van der Waals surface area contributed by atoms with Gasteiger partial charge in [-0.2, -0.15) is 0 Å². The summed E-state index contributed by atoms with van der Waals surface area (Å²) in [4.78, 5) is 17.5. The number of rotatable bonds is 5. The summed E-state index contributed by atoms with van der Waals surface area (Å²) < 4.78 is 5.54. The van der Waals surface area contributed by atoms with Crippen LogP contribution in [-0.4, -0.2) is 30.1 Å². The molecular weight excluding hydrogens is 322 g/mol. The fourth-order valence-corrected chi connectivity index (χ4v) is 3.72. The van der Waals surface area contributed by atoms with Crippen LogP contribution in [-0.2, 0) is 4.74 Å². The fraction of sp³-hybridized carbons (Fsp3) is 0.444. The number of ether oxygens (including phenoxy) is 1.